The SMILES string of the molecule is C#C.CCCCN(CCCCN(C)C)C(=O)CN1CC(c2ccc3c(c2)CCO3)CC1CCCc1ccccc1OC. The van der Waals surface area contributed by atoms with Crippen LogP contribution < -0.4 is 9.47 Å². The third kappa shape index (κ3) is 9.78. The molecule has 2 atom stereocenters. The minimum absolute atomic E-state index is 0.302. The number of para-hydroxylation sites is 1. The normalized spacial score (nSPS) is 17.8. The van der Waals surface area contributed by atoms with Gasteiger partial charge in [0, 0.05) is 32.1 Å². The first-order valence-corrected chi connectivity index (χ1v) is 15.9. The third-order valence-electron chi connectivity index (χ3n) is 8.64. The summed E-state index contributed by atoms with van der Waals surface area (Å²) in [5.41, 5.74) is 4.01. The van der Waals surface area contributed by atoms with Gasteiger partial charge in [0.25, 0.3) is 0 Å². The van der Waals surface area contributed by atoms with Crippen LogP contribution in [0.5, 0.6) is 11.5 Å². The Morgan fingerprint density at radius 1 is 1.05 bits per heavy atom. The summed E-state index contributed by atoms with van der Waals surface area (Å²) in [6.07, 6.45) is 17.7. The molecule has 2 aliphatic rings. The van der Waals surface area contributed by atoms with Crippen LogP contribution in [-0.2, 0) is 17.6 Å². The van der Waals surface area contributed by atoms with Crippen molar-refractivity contribution in [2.24, 2.45) is 0 Å². The van der Waals surface area contributed by atoms with Crippen molar-refractivity contribution in [3.63, 3.8) is 0 Å². The molecule has 230 valence electrons. The van der Waals surface area contributed by atoms with Gasteiger partial charge >= 0.3 is 0 Å². The monoisotopic (exact) mass is 575 g/mol. The van der Waals surface area contributed by atoms with Gasteiger partial charge in [0.15, 0.2) is 0 Å². The lowest BCUT2D eigenvalue weighted by Crippen LogP contribution is -2.43. The number of rotatable bonds is 16. The topological polar surface area (TPSA) is 45.2 Å². The number of aryl methyl sites for hydroxylation is 1. The number of terminal acetylenes is 1. The molecule has 0 saturated carbocycles. The van der Waals surface area contributed by atoms with E-state index >= 15 is 0 Å². The maximum atomic E-state index is 13.7. The number of fused-ring (bicyclic) bond motifs is 1. The van der Waals surface area contributed by atoms with E-state index in [4.69, 9.17) is 9.47 Å². The lowest BCUT2D eigenvalue weighted by Gasteiger charge is -2.29. The number of nitrogens with zero attached hydrogens (tertiary/aromatic N) is 3. The molecule has 4 rings (SSSR count). The van der Waals surface area contributed by atoms with Crippen LogP contribution in [0.2, 0.25) is 0 Å². The lowest BCUT2D eigenvalue weighted by atomic mass is 9.92. The molecule has 2 heterocycles. The molecule has 1 amide bonds. The molecule has 0 spiro atoms. The van der Waals surface area contributed by atoms with Gasteiger partial charge in [0.2, 0.25) is 5.91 Å². The minimum Gasteiger partial charge on any atom is -0.496 e. The van der Waals surface area contributed by atoms with Crippen molar-refractivity contribution < 1.29 is 14.3 Å². The van der Waals surface area contributed by atoms with Crippen LogP contribution in [0.25, 0.3) is 0 Å². The highest BCUT2D eigenvalue weighted by Gasteiger charge is 2.35. The van der Waals surface area contributed by atoms with Gasteiger partial charge in [-0.3, -0.25) is 9.69 Å². The van der Waals surface area contributed by atoms with Gasteiger partial charge in [-0.2, -0.15) is 0 Å². The predicted molar refractivity (Wildman–Crippen MR) is 173 cm³/mol. The van der Waals surface area contributed by atoms with Gasteiger partial charge in [-0.15, -0.1) is 12.8 Å². The molecule has 0 aromatic heterocycles. The van der Waals surface area contributed by atoms with Crippen molar-refractivity contribution in [3.05, 3.63) is 59.2 Å². The fourth-order valence-corrected chi connectivity index (χ4v) is 6.33. The average Bonchev–Trinajstić information content (AvgIpc) is 3.64. The van der Waals surface area contributed by atoms with Crippen LogP contribution in [0.3, 0.4) is 0 Å². The fourth-order valence-electron chi connectivity index (χ4n) is 6.33. The number of ether oxygens (including phenoxy) is 2. The van der Waals surface area contributed by atoms with Crippen LogP contribution in [0.4, 0.5) is 0 Å². The minimum atomic E-state index is 0.302. The van der Waals surface area contributed by atoms with E-state index in [0.717, 1.165) is 102 Å². The summed E-state index contributed by atoms with van der Waals surface area (Å²) >= 11 is 0. The van der Waals surface area contributed by atoms with Crippen molar-refractivity contribution in [2.45, 2.75) is 76.7 Å². The van der Waals surface area contributed by atoms with Gasteiger partial charge in [0.1, 0.15) is 11.5 Å². The second-order valence-corrected chi connectivity index (χ2v) is 11.9. The summed E-state index contributed by atoms with van der Waals surface area (Å²) in [6, 6.07) is 15.5. The molecular weight excluding hydrogens is 522 g/mol. The number of hydrogen-bond donors (Lipinski definition) is 0. The zero-order chi connectivity index (χ0) is 30.3. The number of unbranched alkanes of at least 4 members (excludes halogenated alkanes) is 2. The molecule has 42 heavy (non-hydrogen) atoms. The maximum Gasteiger partial charge on any atom is 0.236 e. The Kier molecular flexibility index (Phi) is 14.2. The number of amides is 1. The van der Waals surface area contributed by atoms with Crippen molar-refractivity contribution in [1.82, 2.24) is 14.7 Å². The number of methoxy groups -OCH3 is 1. The van der Waals surface area contributed by atoms with Crippen LogP contribution >= 0.6 is 0 Å². The number of likely N-dealkylation sites (tertiary alicyclic amines) is 1. The number of carbonyl (C=O) groups is 1. The predicted octanol–water partition coefficient (Wildman–Crippen LogP) is 6.03. The summed E-state index contributed by atoms with van der Waals surface area (Å²) in [5, 5.41) is 0. The zero-order valence-corrected chi connectivity index (χ0v) is 26.5. The quantitative estimate of drug-likeness (QED) is 0.181. The molecule has 1 saturated heterocycles. The largest absolute Gasteiger partial charge is 0.496 e. The highest BCUT2D eigenvalue weighted by Crippen LogP contribution is 2.37. The highest BCUT2D eigenvalue weighted by atomic mass is 16.5. The molecule has 6 nitrogen and oxygen atoms in total. The van der Waals surface area contributed by atoms with Gasteiger partial charge in [0.05, 0.1) is 20.3 Å². The third-order valence-corrected chi connectivity index (χ3v) is 8.64. The molecule has 0 bridgehead atoms. The van der Waals surface area contributed by atoms with Crippen LogP contribution in [0, 0.1) is 12.8 Å². The first-order chi connectivity index (χ1) is 20.5. The maximum absolute atomic E-state index is 13.7. The van der Waals surface area contributed by atoms with Gasteiger partial charge in [-0.05, 0) is 100 Å². The van der Waals surface area contributed by atoms with E-state index in [9.17, 15) is 4.79 Å². The van der Waals surface area contributed by atoms with E-state index in [-0.39, 0.29) is 0 Å². The molecule has 2 aromatic rings. The summed E-state index contributed by atoms with van der Waals surface area (Å²) in [6.45, 7) is 7.29. The Bertz CT molecular complexity index is 1120. The summed E-state index contributed by atoms with van der Waals surface area (Å²) in [5.74, 6) is 2.78. The summed E-state index contributed by atoms with van der Waals surface area (Å²) in [4.78, 5) is 20.6. The molecule has 0 N–H and O–H groups in total. The molecule has 2 aromatic carbocycles. The Hall–Kier alpha value is -3.01. The van der Waals surface area contributed by atoms with E-state index in [2.05, 4.69) is 78.9 Å². The Balaban J connectivity index is 0.00000237. The highest BCUT2D eigenvalue weighted by molar-refractivity contribution is 5.78. The molecule has 6 heteroatoms. The second-order valence-electron chi connectivity index (χ2n) is 11.9. The molecule has 1 fully saturated rings. The van der Waals surface area contributed by atoms with Crippen molar-refractivity contribution in [2.75, 3.05) is 60.5 Å². The summed E-state index contributed by atoms with van der Waals surface area (Å²) in [7, 11) is 5.98. The molecular formula is C36H53N3O3. The zero-order valence-electron chi connectivity index (χ0n) is 26.5. The first kappa shape index (κ1) is 33.5. The molecule has 0 aliphatic carbocycles. The van der Waals surface area contributed by atoms with E-state index in [0.29, 0.717) is 24.4 Å². The van der Waals surface area contributed by atoms with E-state index in [1.165, 1.54) is 16.7 Å². The number of hydrogen-bond acceptors (Lipinski definition) is 5. The molecule has 2 aliphatic heterocycles. The van der Waals surface area contributed by atoms with Crippen molar-refractivity contribution in [1.29, 1.82) is 0 Å². The number of benzene rings is 2. The Morgan fingerprint density at radius 2 is 1.81 bits per heavy atom. The second kappa shape index (κ2) is 17.8. The van der Waals surface area contributed by atoms with Crippen LogP contribution in [0.1, 0.15) is 74.5 Å². The van der Waals surface area contributed by atoms with E-state index < -0.39 is 0 Å². The molecule has 0 radical (unpaired) electrons. The lowest BCUT2D eigenvalue weighted by molar-refractivity contribution is -0.132. The van der Waals surface area contributed by atoms with Crippen LogP contribution in [-0.4, -0.2) is 87.2 Å². The summed E-state index contributed by atoms with van der Waals surface area (Å²) < 4.78 is 11.4. The molecule has 2 unspecified atom stereocenters. The fraction of sp³-hybridized carbons (Fsp3) is 0.583. The smallest absolute Gasteiger partial charge is 0.236 e. The van der Waals surface area contributed by atoms with E-state index in [1.807, 2.05) is 12.1 Å². The van der Waals surface area contributed by atoms with E-state index in [1.54, 1.807) is 7.11 Å². The Morgan fingerprint density at radius 3 is 2.57 bits per heavy atom. The average molecular weight is 576 g/mol. The first-order valence-electron chi connectivity index (χ1n) is 15.9. The standard InChI is InChI=1S/C34H51N3O3.C2H2/c1-5-6-20-36(21-10-9-19-35(2)3)34(38)26-37-25-30(28-16-17-33-29(23-28)18-22-40-33)24-31(37)14-11-13-27-12-7-8-15-32(27)39-4;1-2/h7-8,12,15-17,23,30-31H,5-6,9-11,13-14,18-22,24-26H2,1-4H3;1-2H. The van der Waals surface area contributed by atoms with Crippen molar-refractivity contribution >= 4 is 5.91 Å². The van der Waals surface area contributed by atoms with Gasteiger partial charge < -0.3 is 19.3 Å². The van der Waals surface area contributed by atoms with Crippen LogP contribution in [0.15, 0.2) is 42.5 Å². The van der Waals surface area contributed by atoms with Gasteiger partial charge in [-0.25, -0.2) is 0 Å². The Labute approximate surface area is 255 Å². The number of carbonyl (C=O) groups excluding carboxylic acids is 1. The van der Waals surface area contributed by atoms with Gasteiger partial charge in [-0.1, -0.05) is 43.7 Å². The van der Waals surface area contributed by atoms with Crippen molar-refractivity contribution in [3.8, 4) is 24.3 Å².